The number of aliphatic carboxylic acids is 1. The first kappa shape index (κ1) is 15.2. The molecule has 1 aromatic rings. The Balaban J connectivity index is 2.29. The number of carbonyl (C=O) groups is 2. The fourth-order valence-corrected chi connectivity index (χ4v) is 1.62. The number of hydrogen-bond acceptors (Lipinski definition) is 3. The van der Waals surface area contributed by atoms with Crippen LogP contribution in [0.15, 0.2) is 30.3 Å². The molecule has 19 heavy (non-hydrogen) atoms. The second kappa shape index (κ2) is 8.26. The van der Waals surface area contributed by atoms with Crippen LogP contribution in [0.25, 0.3) is 0 Å². The van der Waals surface area contributed by atoms with Gasteiger partial charge in [-0.15, -0.1) is 0 Å². The number of rotatable bonds is 8. The molecule has 1 aromatic carbocycles. The van der Waals surface area contributed by atoms with E-state index < -0.39 is 17.9 Å². The third-order valence-corrected chi connectivity index (χ3v) is 2.56. The number of ether oxygens (including phenoxy) is 1. The van der Waals surface area contributed by atoms with Crippen molar-refractivity contribution >= 4 is 11.9 Å². The number of carboxylic acid groups (broad SMARTS) is 1. The zero-order valence-electron chi connectivity index (χ0n) is 11.0. The molecule has 1 amide bonds. The maximum absolute atomic E-state index is 11.5. The summed E-state index contributed by atoms with van der Waals surface area (Å²) in [6.07, 6.45) is 1.11. The van der Waals surface area contributed by atoms with Crippen molar-refractivity contribution in [1.29, 1.82) is 0 Å². The van der Waals surface area contributed by atoms with E-state index in [4.69, 9.17) is 9.84 Å². The van der Waals surface area contributed by atoms with Crippen molar-refractivity contribution in [2.75, 3.05) is 6.61 Å². The SMILES string of the molecule is CCCC(NC(=O)COCc1ccccc1)C(=O)O. The van der Waals surface area contributed by atoms with E-state index in [9.17, 15) is 9.59 Å². The van der Waals surface area contributed by atoms with Crippen molar-refractivity contribution in [3.8, 4) is 0 Å². The third-order valence-electron chi connectivity index (χ3n) is 2.56. The summed E-state index contributed by atoms with van der Waals surface area (Å²) in [5, 5.41) is 11.3. The van der Waals surface area contributed by atoms with Gasteiger partial charge in [-0.3, -0.25) is 4.79 Å². The minimum Gasteiger partial charge on any atom is -0.480 e. The Morgan fingerprint density at radius 1 is 1.32 bits per heavy atom. The molecule has 0 saturated heterocycles. The Morgan fingerprint density at radius 2 is 2.00 bits per heavy atom. The van der Waals surface area contributed by atoms with E-state index in [1.807, 2.05) is 37.3 Å². The van der Waals surface area contributed by atoms with Crippen LogP contribution in [0.4, 0.5) is 0 Å². The van der Waals surface area contributed by atoms with E-state index >= 15 is 0 Å². The molecule has 0 bridgehead atoms. The topological polar surface area (TPSA) is 75.6 Å². The van der Waals surface area contributed by atoms with Crippen molar-refractivity contribution in [2.45, 2.75) is 32.4 Å². The largest absolute Gasteiger partial charge is 0.480 e. The molecule has 2 N–H and O–H groups in total. The lowest BCUT2D eigenvalue weighted by Crippen LogP contribution is -2.42. The van der Waals surface area contributed by atoms with Crippen molar-refractivity contribution < 1.29 is 19.4 Å². The average Bonchev–Trinajstić information content (AvgIpc) is 2.39. The van der Waals surface area contributed by atoms with Gasteiger partial charge in [0, 0.05) is 0 Å². The number of amides is 1. The Bertz CT molecular complexity index is 405. The molecular formula is C14H19NO4. The number of carboxylic acids is 1. The normalized spacial score (nSPS) is 11.8. The van der Waals surface area contributed by atoms with Crippen LogP contribution in [0.3, 0.4) is 0 Å². The van der Waals surface area contributed by atoms with Gasteiger partial charge in [-0.25, -0.2) is 4.79 Å². The van der Waals surface area contributed by atoms with Gasteiger partial charge in [-0.1, -0.05) is 43.7 Å². The molecule has 1 atom stereocenters. The number of benzene rings is 1. The lowest BCUT2D eigenvalue weighted by Gasteiger charge is -2.13. The Morgan fingerprint density at radius 3 is 2.58 bits per heavy atom. The second-order valence-corrected chi connectivity index (χ2v) is 4.23. The van der Waals surface area contributed by atoms with Crippen LogP contribution in [0.1, 0.15) is 25.3 Å². The zero-order valence-corrected chi connectivity index (χ0v) is 11.0. The van der Waals surface area contributed by atoms with Crippen molar-refractivity contribution in [1.82, 2.24) is 5.32 Å². The van der Waals surface area contributed by atoms with Gasteiger partial charge in [0.2, 0.25) is 5.91 Å². The van der Waals surface area contributed by atoms with Crippen LogP contribution in [0.5, 0.6) is 0 Å². The highest BCUT2D eigenvalue weighted by Gasteiger charge is 2.18. The van der Waals surface area contributed by atoms with Gasteiger partial charge in [0.15, 0.2) is 0 Å². The van der Waals surface area contributed by atoms with E-state index in [0.717, 1.165) is 5.56 Å². The molecule has 104 valence electrons. The molecule has 1 unspecified atom stereocenters. The molecule has 0 fully saturated rings. The Kier molecular flexibility index (Phi) is 6.60. The first-order chi connectivity index (χ1) is 9.13. The van der Waals surface area contributed by atoms with Gasteiger partial charge in [0.1, 0.15) is 12.6 Å². The minimum atomic E-state index is -1.02. The van der Waals surface area contributed by atoms with Gasteiger partial charge in [0.25, 0.3) is 0 Å². The quantitative estimate of drug-likeness (QED) is 0.748. The summed E-state index contributed by atoms with van der Waals surface area (Å²) in [5.74, 6) is -1.42. The van der Waals surface area contributed by atoms with E-state index in [0.29, 0.717) is 19.4 Å². The molecule has 0 radical (unpaired) electrons. The number of nitrogens with one attached hydrogen (secondary N) is 1. The molecular weight excluding hydrogens is 246 g/mol. The predicted molar refractivity (Wildman–Crippen MR) is 70.6 cm³/mol. The summed E-state index contributed by atoms with van der Waals surface area (Å²) in [6.45, 7) is 2.07. The molecule has 0 aliphatic rings. The molecule has 5 heteroatoms. The molecule has 0 spiro atoms. The fourth-order valence-electron chi connectivity index (χ4n) is 1.62. The highest BCUT2D eigenvalue weighted by molar-refractivity contribution is 5.84. The number of hydrogen-bond donors (Lipinski definition) is 2. The Labute approximate surface area is 112 Å². The first-order valence-corrected chi connectivity index (χ1v) is 6.27. The molecule has 0 aromatic heterocycles. The highest BCUT2D eigenvalue weighted by atomic mass is 16.5. The molecule has 0 aliphatic carbocycles. The zero-order chi connectivity index (χ0) is 14.1. The van der Waals surface area contributed by atoms with Crippen LogP contribution < -0.4 is 5.32 Å². The van der Waals surface area contributed by atoms with Gasteiger partial charge in [0.05, 0.1) is 6.61 Å². The Hall–Kier alpha value is -1.88. The summed E-state index contributed by atoms with van der Waals surface area (Å²) >= 11 is 0. The van der Waals surface area contributed by atoms with Crippen molar-refractivity contribution in [3.05, 3.63) is 35.9 Å². The third kappa shape index (κ3) is 6.01. The highest BCUT2D eigenvalue weighted by Crippen LogP contribution is 2.01. The predicted octanol–water partition coefficient (Wildman–Crippen LogP) is 1.57. The lowest BCUT2D eigenvalue weighted by molar-refractivity contribution is -0.142. The standard InChI is InChI=1S/C14H19NO4/c1-2-6-12(14(17)18)15-13(16)10-19-9-11-7-4-3-5-8-11/h3-5,7-8,12H,2,6,9-10H2,1H3,(H,15,16)(H,17,18). The summed E-state index contributed by atoms with van der Waals surface area (Å²) in [7, 11) is 0. The first-order valence-electron chi connectivity index (χ1n) is 6.27. The van der Waals surface area contributed by atoms with E-state index in [-0.39, 0.29) is 6.61 Å². The van der Waals surface area contributed by atoms with E-state index in [1.54, 1.807) is 0 Å². The summed E-state index contributed by atoms with van der Waals surface area (Å²) in [4.78, 5) is 22.4. The average molecular weight is 265 g/mol. The monoisotopic (exact) mass is 265 g/mol. The summed E-state index contributed by atoms with van der Waals surface area (Å²) in [6, 6.07) is 8.64. The van der Waals surface area contributed by atoms with Crippen LogP contribution in [-0.4, -0.2) is 29.6 Å². The van der Waals surface area contributed by atoms with Crippen molar-refractivity contribution in [3.63, 3.8) is 0 Å². The van der Waals surface area contributed by atoms with Crippen LogP contribution in [-0.2, 0) is 20.9 Å². The molecule has 5 nitrogen and oxygen atoms in total. The van der Waals surface area contributed by atoms with Gasteiger partial charge in [-0.2, -0.15) is 0 Å². The lowest BCUT2D eigenvalue weighted by atomic mass is 10.2. The molecule has 0 aliphatic heterocycles. The smallest absolute Gasteiger partial charge is 0.326 e. The molecule has 1 rings (SSSR count). The fraction of sp³-hybridized carbons (Fsp3) is 0.429. The summed E-state index contributed by atoms with van der Waals surface area (Å²) < 4.78 is 5.24. The summed E-state index contributed by atoms with van der Waals surface area (Å²) in [5.41, 5.74) is 0.971. The van der Waals surface area contributed by atoms with Gasteiger partial charge >= 0.3 is 5.97 Å². The maximum Gasteiger partial charge on any atom is 0.326 e. The van der Waals surface area contributed by atoms with Gasteiger partial charge < -0.3 is 15.2 Å². The maximum atomic E-state index is 11.5. The van der Waals surface area contributed by atoms with E-state index in [1.165, 1.54) is 0 Å². The van der Waals surface area contributed by atoms with Crippen LogP contribution in [0.2, 0.25) is 0 Å². The van der Waals surface area contributed by atoms with Crippen LogP contribution >= 0.6 is 0 Å². The van der Waals surface area contributed by atoms with Gasteiger partial charge in [-0.05, 0) is 12.0 Å². The molecule has 0 heterocycles. The minimum absolute atomic E-state index is 0.137. The second-order valence-electron chi connectivity index (χ2n) is 4.23. The number of carbonyl (C=O) groups excluding carboxylic acids is 1. The molecule has 0 saturated carbocycles. The van der Waals surface area contributed by atoms with E-state index in [2.05, 4.69) is 5.32 Å². The van der Waals surface area contributed by atoms with Crippen molar-refractivity contribution in [2.24, 2.45) is 0 Å². The van der Waals surface area contributed by atoms with Crippen LogP contribution in [0, 0.1) is 0 Å².